The Morgan fingerprint density at radius 2 is 2.08 bits per heavy atom. The summed E-state index contributed by atoms with van der Waals surface area (Å²) in [4.78, 5) is 0. The molecule has 1 rings (SSSR count). The van der Waals surface area contributed by atoms with E-state index in [1.807, 2.05) is 24.3 Å². The molecule has 0 heterocycles. The molecule has 12 heavy (non-hydrogen) atoms. The second-order valence-electron chi connectivity index (χ2n) is 2.52. The van der Waals surface area contributed by atoms with Gasteiger partial charge in [-0.2, -0.15) is 0 Å². The lowest BCUT2D eigenvalue weighted by Gasteiger charge is -2.12. The maximum absolute atomic E-state index is 5.52. The zero-order valence-electron chi connectivity index (χ0n) is 7.36. The monoisotopic (exact) mass is 178 g/mol. The molecule has 0 aromatic heterocycles. The minimum atomic E-state index is 0.0729. The summed E-state index contributed by atoms with van der Waals surface area (Å²) in [5.41, 5.74) is 1.18. The number of rotatable bonds is 4. The zero-order chi connectivity index (χ0) is 8.81. The second kappa shape index (κ2) is 4.90. The van der Waals surface area contributed by atoms with E-state index in [0.717, 1.165) is 16.5 Å². The van der Waals surface area contributed by atoms with Gasteiger partial charge < -0.3 is 4.74 Å². The van der Waals surface area contributed by atoms with Gasteiger partial charge >= 0.3 is 0 Å². The molecule has 1 aromatic carbocycles. The molecule has 1 atom stereocenters. The summed E-state index contributed by atoms with van der Waals surface area (Å²) in [6.45, 7) is 3.75. The summed E-state index contributed by atoms with van der Waals surface area (Å²) in [5, 5.41) is 0. The molecule has 0 saturated heterocycles. The van der Waals surface area contributed by atoms with Crippen molar-refractivity contribution in [3.05, 3.63) is 48.6 Å². The zero-order valence-corrected chi connectivity index (χ0v) is 9.36. The van der Waals surface area contributed by atoms with Crippen molar-refractivity contribution in [3.8, 4) is 0 Å². The largest absolute Gasteiger partial charge is 0.374 e. The SMILES string of the molecule is C=CC(OC[SiH3])c1ccccc1. The molecular weight excluding hydrogens is 164 g/mol. The topological polar surface area (TPSA) is 9.23 Å². The van der Waals surface area contributed by atoms with E-state index in [1.165, 1.54) is 5.56 Å². The van der Waals surface area contributed by atoms with Gasteiger partial charge in [0.25, 0.3) is 0 Å². The van der Waals surface area contributed by atoms with E-state index in [0.29, 0.717) is 0 Å². The Labute approximate surface area is 76.5 Å². The highest BCUT2D eigenvalue weighted by molar-refractivity contribution is 6.08. The van der Waals surface area contributed by atoms with Crippen LogP contribution in [0, 0.1) is 0 Å². The highest BCUT2D eigenvalue weighted by Crippen LogP contribution is 2.16. The molecule has 0 aliphatic rings. The molecule has 1 unspecified atom stereocenters. The van der Waals surface area contributed by atoms with Gasteiger partial charge in [0.1, 0.15) is 0 Å². The van der Waals surface area contributed by atoms with Gasteiger partial charge in [-0.25, -0.2) is 0 Å². The number of benzene rings is 1. The van der Waals surface area contributed by atoms with Gasteiger partial charge in [0.2, 0.25) is 0 Å². The predicted molar refractivity (Wildman–Crippen MR) is 55.3 cm³/mol. The van der Waals surface area contributed by atoms with E-state index < -0.39 is 0 Å². The highest BCUT2D eigenvalue weighted by Gasteiger charge is 2.04. The van der Waals surface area contributed by atoms with E-state index in [9.17, 15) is 0 Å². The van der Waals surface area contributed by atoms with Crippen molar-refractivity contribution >= 4 is 10.2 Å². The van der Waals surface area contributed by atoms with Crippen LogP contribution in [-0.2, 0) is 4.74 Å². The molecule has 0 aliphatic carbocycles. The van der Waals surface area contributed by atoms with Gasteiger partial charge in [0.05, 0.1) is 6.10 Å². The third-order valence-corrected chi connectivity index (χ3v) is 2.02. The quantitative estimate of drug-likeness (QED) is 0.498. The predicted octanol–water partition coefficient (Wildman–Crippen LogP) is 1.25. The van der Waals surface area contributed by atoms with Crippen LogP contribution in [0.15, 0.2) is 43.0 Å². The first-order chi connectivity index (χ1) is 5.88. The van der Waals surface area contributed by atoms with Gasteiger partial charge in [0.15, 0.2) is 0 Å². The third kappa shape index (κ3) is 2.32. The Kier molecular flexibility index (Phi) is 3.77. The first-order valence-corrected chi connectivity index (χ1v) is 5.59. The number of hydrogen-bond donors (Lipinski definition) is 0. The van der Waals surface area contributed by atoms with Crippen LogP contribution in [0.4, 0.5) is 0 Å². The fourth-order valence-corrected chi connectivity index (χ4v) is 1.48. The van der Waals surface area contributed by atoms with E-state index in [-0.39, 0.29) is 6.10 Å². The van der Waals surface area contributed by atoms with Gasteiger partial charge in [-0.15, -0.1) is 6.58 Å². The molecule has 1 aromatic rings. The smallest absolute Gasteiger partial charge is 0.0999 e. The van der Waals surface area contributed by atoms with Gasteiger partial charge in [-0.1, -0.05) is 36.4 Å². The van der Waals surface area contributed by atoms with Crippen LogP contribution in [0.5, 0.6) is 0 Å². The van der Waals surface area contributed by atoms with Crippen molar-refractivity contribution in [3.63, 3.8) is 0 Å². The van der Waals surface area contributed by atoms with Crippen LogP contribution in [0.3, 0.4) is 0 Å². The van der Waals surface area contributed by atoms with Crippen LogP contribution < -0.4 is 0 Å². The summed E-state index contributed by atoms with van der Waals surface area (Å²) >= 11 is 0. The maximum atomic E-state index is 5.52. The average molecular weight is 178 g/mol. The minimum absolute atomic E-state index is 0.0729. The van der Waals surface area contributed by atoms with Gasteiger partial charge in [0, 0.05) is 16.5 Å². The summed E-state index contributed by atoms with van der Waals surface area (Å²) < 4.78 is 5.52. The summed E-state index contributed by atoms with van der Waals surface area (Å²) in [7, 11) is 1.07. The lowest BCUT2D eigenvalue weighted by atomic mass is 10.1. The maximum Gasteiger partial charge on any atom is 0.0999 e. The van der Waals surface area contributed by atoms with Crippen LogP contribution in [0.1, 0.15) is 11.7 Å². The van der Waals surface area contributed by atoms with Crippen LogP contribution in [-0.4, -0.2) is 16.5 Å². The molecule has 0 fully saturated rings. The van der Waals surface area contributed by atoms with Crippen molar-refractivity contribution in [2.75, 3.05) is 6.23 Å². The van der Waals surface area contributed by atoms with Crippen LogP contribution >= 0.6 is 0 Å². The minimum Gasteiger partial charge on any atom is -0.374 e. The van der Waals surface area contributed by atoms with Gasteiger partial charge in [-0.3, -0.25) is 0 Å². The third-order valence-electron chi connectivity index (χ3n) is 1.69. The first kappa shape index (κ1) is 9.23. The molecule has 0 bridgehead atoms. The van der Waals surface area contributed by atoms with E-state index >= 15 is 0 Å². The molecule has 1 nitrogen and oxygen atoms in total. The van der Waals surface area contributed by atoms with Crippen molar-refractivity contribution < 1.29 is 4.74 Å². The standard InChI is InChI=1S/C10H14OSi/c1-2-10(11-8-12)9-6-4-3-5-7-9/h2-7,10H,1,8H2,12H3. The lowest BCUT2D eigenvalue weighted by Crippen LogP contribution is -2.01. The van der Waals surface area contributed by atoms with Crippen molar-refractivity contribution in [1.82, 2.24) is 0 Å². The summed E-state index contributed by atoms with van der Waals surface area (Å²) in [5.74, 6) is 0. The van der Waals surface area contributed by atoms with E-state index in [4.69, 9.17) is 4.74 Å². The number of hydrogen-bond acceptors (Lipinski definition) is 1. The normalized spacial score (nSPS) is 12.7. The Hall–Kier alpha value is -0.863. The summed E-state index contributed by atoms with van der Waals surface area (Å²) in [6, 6.07) is 10.2. The molecule has 2 heteroatoms. The van der Waals surface area contributed by atoms with E-state index in [2.05, 4.69) is 18.7 Å². The van der Waals surface area contributed by atoms with Crippen LogP contribution in [0.25, 0.3) is 0 Å². The lowest BCUT2D eigenvalue weighted by molar-refractivity contribution is 0.125. The fourth-order valence-electron chi connectivity index (χ4n) is 1.12. The molecule has 0 spiro atoms. The Balaban J connectivity index is 2.73. The highest BCUT2D eigenvalue weighted by atomic mass is 28.1. The molecule has 0 saturated carbocycles. The molecule has 0 radical (unpaired) electrons. The van der Waals surface area contributed by atoms with Crippen molar-refractivity contribution in [1.29, 1.82) is 0 Å². The van der Waals surface area contributed by atoms with Crippen molar-refractivity contribution in [2.24, 2.45) is 0 Å². The van der Waals surface area contributed by atoms with E-state index in [1.54, 1.807) is 0 Å². The molecule has 64 valence electrons. The number of ether oxygens (including phenoxy) is 1. The summed E-state index contributed by atoms with van der Waals surface area (Å²) in [6.07, 6.45) is 2.77. The first-order valence-electron chi connectivity index (χ1n) is 4.17. The molecular formula is C10H14OSi. The Bertz CT molecular complexity index is 233. The fraction of sp³-hybridized carbons (Fsp3) is 0.200. The molecule has 0 amide bonds. The average Bonchev–Trinajstić information content (AvgIpc) is 2.15. The van der Waals surface area contributed by atoms with Gasteiger partial charge in [-0.05, 0) is 5.56 Å². The van der Waals surface area contributed by atoms with Crippen molar-refractivity contribution in [2.45, 2.75) is 6.10 Å². The van der Waals surface area contributed by atoms with Crippen LogP contribution in [0.2, 0.25) is 0 Å². The molecule has 0 N–H and O–H groups in total. The Morgan fingerprint density at radius 3 is 2.58 bits per heavy atom. The molecule has 0 aliphatic heterocycles. The Morgan fingerprint density at radius 1 is 1.42 bits per heavy atom. The second-order valence-corrected chi connectivity index (χ2v) is 3.10.